The quantitative estimate of drug-likeness (QED) is 0.752. The second-order valence-corrected chi connectivity index (χ2v) is 5.00. The van der Waals surface area contributed by atoms with Gasteiger partial charge < -0.3 is 10.2 Å². The summed E-state index contributed by atoms with van der Waals surface area (Å²) in [6.45, 7) is 0.596. The molecule has 92 valence electrons. The van der Waals surface area contributed by atoms with Crippen molar-refractivity contribution in [3.8, 4) is 10.4 Å². The maximum atomic E-state index is 11.1. The normalized spacial score (nSPS) is 11.2. The van der Waals surface area contributed by atoms with Gasteiger partial charge in [-0.2, -0.15) is 0 Å². The second-order valence-electron chi connectivity index (χ2n) is 3.88. The molecule has 5 nitrogen and oxygen atoms in total. The van der Waals surface area contributed by atoms with Gasteiger partial charge in [0, 0.05) is 12.6 Å². The van der Waals surface area contributed by atoms with E-state index in [4.69, 9.17) is 10.2 Å². The van der Waals surface area contributed by atoms with Crippen molar-refractivity contribution in [1.82, 2.24) is 9.97 Å². The summed E-state index contributed by atoms with van der Waals surface area (Å²) >= 11 is 1.60. The van der Waals surface area contributed by atoms with Crippen LogP contribution >= 0.6 is 11.3 Å². The first-order chi connectivity index (χ1) is 8.76. The van der Waals surface area contributed by atoms with E-state index in [1.807, 2.05) is 24.4 Å². The summed E-state index contributed by atoms with van der Waals surface area (Å²) in [4.78, 5) is 19.0. The van der Waals surface area contributed by atoms with Crippen LogP contribution in [0.25, 0.3) is 21.5 Å². The fourth-order valence-corrected chi connectivity index (χ4v) is 2.71. The average Bonchev–Trinajstić information content (AvgIpc) is 2.93. The summed E-state index contributed by atoms with van der Waals surface area (Å²) in [5.74, 6) is -0.435. The Bertz CT molecular complexity index is 741. The van der Waals surface area contributed by atoms with Crippen molar-refractivity contribution in [1.29, 1.82) is 0 Å². The van der Waals surface area contributed by atoms with Crippen LogP contribution in [-0.4, -0.2) is 16.5 Å². The highest BCUT2D eigenvalue weighted by molar-refractivity contribution is 7.15. The number of H-pyrrole nitrogens is 1. The Labute approximate surface area is 106 Å². The predicted molar refractivity (Wildman–Crippen MR) is 70.7 cm³/mol. The van der Waals surface area contributed by atoms with E-state index in [1.165, 1.54) is 0 Å². The third-order valence-corrected chi connectivity index (χ3v) is 3.72. The zero-order chi connectivity index (χ0) is 12.5. The molecular weight excluding hydrogens is 250 g/mol. The highest BCUT2D eigenvalue weighted by Crippen LogP contribution is 2.28. The van der Waals surface area contributed by atoms with Crippen molar-refractivity contribution >= 4 is 22.4 Å². The molecule has 18 heavy (non-hydrogen) atoms. The molecule has 0 aliphatic carbocycles. The second kappa shape index (κ2) is 4.40. The zero-order valence-electron chi connectivity index (χ0n) is 9.47. The van der Waals surface area contributed by atoms with Gasteiger partial charge in [0.25, 0.3) is 0 Å². The summed E-state index contributed by atoms with van der Waals surface area (Å²) in [5.41, 5.74) is 7.76. The van der Waals surface area contributed by atoms with Gasteiger partial charge in [-0.15, -0.1) is 11.3 Å². The van der Waals surface area contributed by atoms with Gasteiger partial charge in [-0.3, -0.25) is 4.98 Å². The minimum atomic E-state index is -0.435. The van der Waals surface area contributed by atoms with E-state index in [2.05, 4.69) is 9.97 Å². The molecule has 0 aliphatic rings. The third-order valence-electron chi connectivity index (χ3n) is 2.62. The Morgan fingerprint density at radius 1 is 1.44 bits per heavy atom. The summed E-state index contributed by atoms with van der Waals surface area (Å²) in [6.07, 6.45) is 2.60. The Kier molecular flexibility index (Phi) is 2.73. The van der Waals surface area contributed by atoms with Crippen molar-refractivity contribution < 1.29 is 4.42 Å². The first-order valence-corrected chi connectivity index (χ1v) is 6.36. The molecule has 0 bridgehead atoms. The van der Waals surface area contributed by atoms with Gasteiger partial charge >= 0.3 is 5.76 Å². The lowest BCUT2D eigenvalue weighted by atomic mass is 10.2. The van der Waals surface area contributed by atoms with Crippen molar-refractivity contribution in [2.75, 3.05) is 6.54 Å². The predicted octanol–water partition coefficient (Wildman–Crippen LogP) is 1.75. The molecule has 3 rings (SSSR count). The van der Waals surface area contributed by atoms with E-state index in [1.54, 1.807) is 11.3 Å². The molecule has 0 spiro atoms. The minimum absolute atomic E-state index is 0.435. The number of hydrogen-bond donors (Lipinski definition) is 2. The van der Waals surface area contributed by atoms with Gasteiger partial charge in [0.15, 0.2) is 5.58 Å². The molecular formula is C12H11N3O2S. The summed E-state index contributed by atoms with van der Waals surface area (Å²) < 4.78 is 5.04. The van der Waals surface area contributed by atoms with E-state index in [0.29, 0.717) is 17.6 Å². The Hall–Kier alpha value is -1.92. The van der Waals surface area contributed by atoms with E-state index in [0.717, 1.165) is 21.9 Å². The molecule has 1 aromatic carbocycles. The van der Waals surface area contributed by atoms with E-state index in [9.17, 15) is 4.79 Å². The maximum Gasteiger partial charge on any atom is 0.417 e. The van der Waals surface area contributed by atoms with Crippen LogP contribution in [0.4, 0.5) is 0 Å². The molecule has 0 unspecified atom stereocenters. The van der Waals surface area contributed by atoms with Crippen molar-refractivity contribution in [2.45, 2.75) is 6.42 Å². The van der Waals surface area contributed by atoms with Crippen molar-refractivity contribution in [3.63, 3.8) is 0 Å². The smallest absolute Gasteiger partial charge is 0.408 e. The molecule has 2 aromatic heterocycles. The molecule has 0 atom stereocenters. The molecule has 2 heterocycles. The number of hydrogen-bond acceptors (Lipinski definition) is 5. The maximum absolute atomic E-state index is 11.1. The highest BCUT2D eigenvalue weighted by Gasteiger charge is 2.07. The Morgan fingerprint density at radius 3 is 3.17 bits per heavy atom. The topological polar surface area (TPSA) is 84.9 Å². The Morgan fingerprint density at radius 2 is 2.33 bits per heavy atom. The lowest BCUT2D eigenvalue weighted by molar-refractivity contribution is 0.555. The molecule has 0 saturated heterocycles. The molecule has 0 aliphatic heterocycles. The molecule has 6 heteroatoms. The Balaban J connectivity index is 2.04. The molecule has 3 aromatic rings. The van der Waals surface area contributed by atoms with Crippen LogP contribution in [0.1, 0.15) is 5.01 Å². The largest absolute Gasteiger partial charge is 0.417 e. The van der Waals surface area contributed by atoms with Crippen LogP contribution in [0, 0.1) is 0 Å². The van der Waals surface area contributed by atoms with Gasteiger partial charge in [0.05, 0.1) is 15.4 Å². The van der Waals surface area contributed by atoms with Crippen LogP contribution in [0.2, 0.25) is 0 Å². The zero-order valence-corrected chi connectivity index (χ0v) is 10.3. The number of nitrogens with zero attached hydrogens (tertiary/aromatic N) is 1. The van der Waals surface area contributed by atoms with Gasteiger partial charge in [0.2, 0.25) is 0 Å². The van der Waals surface area contributed by atoms with E-state index in [-0.39, 0.29) is 0 Å². The third kappa shape index (κ3) is 1.96. The summed E-state index contributed by atoms with van der Waals surface area (Å²) in [5, 5.41) is 1.02. The van der Waals surface area contributed by atoms with Crippen LogP contribution in [0.15, 0.2) is 33.6 Å². The average molecular weight is 261 g/mol. The number of oxazole rings is 1. The minimum Gasteiger partial charge on any atom is -0.408 e. The van der Waals surface area contributed by atoms with Gasteiger partial charge in [0.1, 0.15) is 0 Å². The fourth-order valence-electron chi connectivity index (χ4n) is 1.78. The SMILES string of the molecule is NCCc1ncc(-c2ccc3[nH]c(=O)oc3c2)s1. The number of fused-ring (bicyclic) bond motifs is 1. The fraction of sp³-hybridized carbons (Fsp3) is 0.167. The number of aromatic amines is 1. The van der Waals surface area contributed by atoms with Crippen molar-refractivity contribution in [2.24, 2.45) is 5.73 Å². The monoisotopic (exact) mass is 261 g/mol. The first-order valence-electron chi connectivity index (χ1n) is 5.54. The van der Waals surface area contributed by atoms with Crippen molar-refractivity contribution in [3.05, 3.63) is 40.0 Å². The van der Waals surface area contributed by atoms with Gasteiger partial charge in [-0.1, -0.05) is 6.07 Å². The lowest BCUT2D eigenvalue weighted by Gasteiger charge is -1.95. The van der Waals surface area contributed by atoms with E-state index >= 15 is 0 Å². The van der Waals surface area contributed by atoms with Crippen LogP contribution in [0.5, 0.6) is 0 Å². The number of aromatic nitrogens is 2. The molecule has 0 saturated carbocycles. The number of rotatable bonds is 3. The van der Waals surface area contributed by atoms with Crippen LogP contribution < -0.4 is 11.5 Å². The number of nitrogens with two attached hydrogens (primary N) is 1. The molecule has 3 N–H and O–H groups in total. The van der Waals surface area contributed by atoms with Crippen LogP contribution in [0.3, 0.4) is 0 Å². The summed E-state index contributed by atoms with van der Waals surface area (Å²) in [7, 11) is 0. The molecule has 0 radical (unpaired) electrons. The summed E-state index contributed by atoms with van der Waals surface area (Å²) in [6, 6.07) is 5.61. The van der Waals surface area contributed by atoms with Crippen LogP contribution in [-0.2, 0) is 6.42 Å². The standard InChI is InChI=1S/C12H11N3O2S/c13-4-3-11-14-6-10(18-11)7-1-2-8-9(5-7)17-12(16)15-8/h1-2,5-6H,3-4,13H2,(H,15,16). The molecule has 0 fully saturated rings. The molecule has 0 amide bonds. The first kappa shape index (κ1) is 11.2. The number of benzene rings is 1. The van der Waals surface area contributed by atoms with Gasteiger partial charge in [-0.25, -0.2) is 9.78 Å². The highest BCUT2D eigenvalue weighted by atomic mass is 32.1. The lowest BCUT2D eigenvalue weighted by Crippen LogP contribution is -2.01. The van der Waals surface area contributed by atoms with Gasteiger partial charge in [-0.05, 0) is 24.2 Å². The number of thiazole rings is 1. The number of nitrogens with one attached hydrogen (secondary N) is 1. The van der Waals surface area contributed by atoms with E-state index < -0.39 is 5.76 Å².